The monoisotopic (exact) mass is 1250 g/mol. The SMILES string of the molecule is c1ccc(-c2c(-c3ccccc3)c(-c3ccccc3)c3c(c2-c2ccccc2)-c2cccc4c(-c5ccc(N(c6ccccc6)c6ccc(-c7ccc8c9c(cccc79)-c7c(-c9ccccc9)c(-c9ccccc9)c(-c9ccccc9)c(-c9ccccc9)c7-8)cc6)cc5)ccc-3c24)cc1. The van der Waals surface area contributed by atoms with Crippen LogP contribution in [-0.2, 0) is 0 Å². The molecule has 0 amide bonds. The minimum absolute atomic E-state index is 1.08. The van der Waals surface area contributed by atoms with E-state index in [1.807, 2.05) is 0 Å². The van der Waals surface area contributed by atoms with Crippen molar-refractivity contribution in [1.82, 2.24) is 0 Å². The molecule has 17 aromatic carbocycles. The first-order valence-corrected chi connectivity index (χ1v) is 34.3. The molecule has 0 spiro atoms. The number of hydrogen-bond acceptors (Lipinski definition) is 1. The zero-order chi connectivity index (χ0) is 65.3. The highest BCUT2D eigenvalue weighted by atomic mass is 15.1. The summed E-state index contributed by atoms with van der Waals surface area (Å²) >= 11 is 0. The molecule has 99 heavy (non-hydrogen) atoms. The number of fused-ring (bicyclic) bond motifs is 6. The van der Waals surface area contributed by atoms with Gasteiger partial charge in [0.05, 0.1) is 0 Å². The van der Waals surface area contributed by atoms with Gasteiger partial charge in [0.1, 0.15) is 0 Å². The number of nitrogens with zero attached hydrogens (tertiary/aromatic N) is 1. The van der Waals surface area contributed by atoms with E-state index in [0.29, 0.717) is 0 Å². The van der Waals surface area contributed by atoms with Crippen molar-refractivity contribution >= 4 is 38.6 Å². The van der Waals surface area contributed by atoms with Crippen LogP contribution in [0, 0.1) is 0 Å². The van der Waals surface area contributed by atoms with Gasteiger partial charge in [-0.15, -0.1) is 0 Å². The molecule has 0 N–H and O–H groups in total. The number of anilines is 3. The van der Waals surface area contributed by atoms with Gasteiger partial charge in [-0.2, -0.15) is 0 Å². The Morgan fingerprint density at radius 1 is 0.121 bits per heavy atom. The highest BCUT2D eigenvalue weighted by Gasteiger charge is 2.37. The molecule has 0 aliphatic heterocycles. The second kappa shape index (κ2) is 24.1. The first-order valence-electron chi connectivity index (χ1n) is 34.3. The van der Waals surface area contributed by atoms with E-state index >= 15 is 0 Å². The molecule has 1 heteroatoms. The van der Waals surface area contributed by atoms with Crippen molar-refractivity contribution in [3.05, 3.63) is 382 Å². The maximum absolute atomic E-state index is 2.41. The van der Waals surface area contributed by atoms with E-state index in [1.165, 1.54) is 166 Å². The van der Waals surface area contributed by atoms with Crippen molar-refractivity contribution in [2.75, 3.05) is 4.90 Å². The molecule has 2 aliphatic rings. The Kier molecular flexibility index (Phi) is 14.0. The van der Waals surface area contributed by atoms with Gasteiger partial charge in [-0.25, -0.2) is 0 Å². The molecule has 1 nitrogen and oxygen atoms in total. The maximum Gasteiger partial charge on any atom is 0.0462 e. The number of para-hydroxylation sites is 1. The Morgan fingerprint density at radius 2 is 0.323 bits per heavy atom. The minimum atomic E-state index is 1.08. The molecule has 2 aliphatic carbocycles. The largest absolute Gasteiger partial charge is 0.311 e. The lowest BCUT2D eigenvalue weighted by Gasteiger charge is -2.26. The molecular formula is C98H63N. The fourth-order valence-electron chi connectivity index (χ4n) is 16.5. The predicted molar refractivity (Wildman–Crippen MR) is 419 cm³/mol. The molecule has 460 valence electrons. The number of rotatable bonds is 13. The van der Waals surface area contributed by atoms with Crippen LogP contribution in [0.1, 0.15) is 0 Å². The molecule has 0 saturated carbocycles. The molecule has 0 radical (unpaired) electrons. The summed E-state index contributed by atoms with van der Waals surface area (Å²) in [6.07, 6.45) is 0. The van der Waals surface area contributed by atoms with E-state index < -0.39 is 0 Å². The minimum Gasteiger partial charge on any atom is -0.311 e. The zero-order valence-electron chi connectivity index (χ0n) is 54.3. The third kappa shape index (κ3) is 9.46. The summed E-state index contributed by atoms with van der Waals surface area (Å²) in [4.78, 5) is 2.39. The van der Waals surface area contributed by atoms with Crippen LogP contribution in [0.5, 0.6) is 0 Å². The van der Waals surface area contributed by atoms with Gasteiger partial charge in [-0.3, -0.25) is 0 Å². The molecule has 0 atom stereocenters. The second-order valence-corrected chi connectivity index (χ2v) is 26.0. The number of benzene rings is 17. The predicted octanol–water partition coefficient (Wildman–Crippen LogP) is 27.4. The fraction of sp³-hybridized carbons (Fsp3) is 0. The third-order valence-electron chi connectivity index (χ3n) is 20.5. The van der Waals surface area contributed by atoms with E-state index in [4.69, 9.17) is 0 Å². The summed E-state index contributed by atoms with van der Waals surface area (Å²) < 4.78 is 0. The Balaban J connectivity index is 0.737. The van der Waals surface area contributed by atoms with Gasteiger partial charge < -0.3 is 4.90 Å². The standard InChI is InChI=1S/C98H63N/c1-10-30-66(31-11-1)85-87(68-34-14-3-15-35-68)91(72-42-22-7-23-43-72)97-83-62-60-77(79-48-28-50-81(93(79)83)95(97)89(85)70-38-18-5-19-39-70)64-52-56-75(57-53-64)99(74-46-26-9-27-47-74)76-58-54-65(55-59-76)78-61-63-84-94-80(78)49-29-51-82(94)96-90(71-40-20-6-21-41-71)86(67-32-12-2-13-33-67)88(69-36-16-4-17-37-69)92(98(84)96)73-44-24-8-25-45-73/h1-63H. The lowest BCUT2D eigenvalue weighted by atomic mass is 9.76. The quantitative estimate of drug-likeness (QED) is 0.111. The van der Waals surface area contributed by atoms with Crippen molar-refractivity contribution in [3.8, 4) is 156 Å². The lowest BCUT2D eigenvalue weighted by Crippen LogP contribution is -2.09. The van der Waals surface area contributed by atoms with E-state index in [1.54, 1.807) is 0 Å². The topological polar surface area (TPSA) is 3.24 Å². The van der Waals surface area contributed by atoms with Crippen LogP contribution in [0.3, 0.4) is 0 Å². The van der Waals surface area contributed by atoms with Gasteiger partial charge in [0.15, 0.2) is 0 Å². The Hall–Kier alpha value is -12.9. The van der Waals surface area contributed by atoms with Gasteiger partial charge in [-0.05, 0) is 214 Å². The van der Waals surface area contributed by atoms with Crippen LogP contribution in [0.4, 0.5) is 17.1 Å². The summed E-state index contributed by atoms with van der Waals surface area (Å²) in [5.74, 6) is 0. The van der Waals surface area contributed by atoms with E-state index in [0.717, 1.165) is 28.2 Å². The van der Waals surface area contributed by atoms with Crippen molar-refractivity contribution in [2.24, 2.45) is 0 Å². The molecule has 17 aromatic rings. The smallest absolute Gasteiger partial charge is 0.0462 e. The lowest BCUT2D eigenvalue weighted by molar-refractivity contribution is 1.28. The normalized spacial score (nSPS) is 11.6. The summed E-state index contributed by atoms with van der Waals surface area (Å²) in [5, 5.41) is 5.04. The Morgan fingerprint density at radius 3 is 0.576 bits per heavy atom. The Labute approximate surface area is 577 Å². The van der Waals surface area contributed by atoms with Crippen LogP contribution in [0.2, 0.25) is 0 Å². The highest BCUT2D eigenvalue weighted by molar-refractivity contribution is 6.29. The molecule has 19 rings (SSSR count). The van der Waals surface area contributed by atoms with Gasteiger partial charge >= 0.3 is 0 Å². The van der Waals surface area contributed by atoms with Crippen molar-refractivity contribution in [2.45, 2.75) is 0 Å². The van der Waals surface area contributed by atoms with Crippen molar-refractivity contribution in [1.29, 1.82) is 0 Å². The summed E-state index contributed by atoms with van der Waals surface area (Å²) in [6, 6.07) is 141. The molecule has 0 saturated heterocycles. The first-order chi connectivity index (χ1) is 49.2. The van der Waals surface area contributed by atoms with Gasteiger partial charge in [0.25, 0.3) is 0 Å². The molecule has 0 unspecified atom stereocenters. The van der Waals surface area contributed by atoms with Gasteiger partial charge in [-0.1, -0.05) is 346 Å². The number of hydrogen-bond donors (Lipinski definition) is 0. The molecular weight excluding hydrogens is 1190 g/mol. The van der Waals surface area contributed by atoms with Gasteiger partial charge in [0, 0.05) is 17.1 Å². The van der Waals surface area contributed by atoms with E-state index in [9.17, 15) is 0 Å². The summed E-state index contributed by atoms with van der Waals surface area (Å²) in [5.41, 5.74) is 37.6. The molecule has 0 fully saturated rings. The van der Waals surface area contributed by atoms with Crippen LogP contribution in [0.25, 0.3) is 177 Å². The van der Waals surface area contributed by atoms with E-state index in [2.05, 4.69) is 387 Å². The van der Waals surface area contributed by atoms with Crippen LogP contribution in [-0.4, -0.2) is 0 Å². The highest BCUT2D eigenvalue weighted by Crippen LogP contribution is 2.64. The van der Waals surface area contributed by atoms with Crippen molar-refractivity contribution < 1.29 is 0 Å². The van der Waals surface area contributed by atoms with E-state index in [-0.39, 0.29) is 0 Å². The molecule has 0 bridgehead atoms. The fourth-order valence-corrected chi connectivity index (χ4v) is 16.5. The molecule has 0 heterocycles. The average molecular weight is 1250 g/mol. The molecule has 0 aromatic heterocycles. The maximum atomic E-state index is 2.41. The van der Waals surface area contributed by atoms with Gasteiger partial charge in [0.2, 0.25) is 0 Å². The first kappa shape index (κ1) is 57.5. The summed E-state index contributed by atoms with van der Waals surface area (Å²) in [7, 11) is 0. The third-order valence-corrected chi connectivity index (χ3v) is 20.5. The van der Waals surface area contributed by atoms with Crippen molar-refractivity contribution in [3.63, 3.8) is 0 Å². The zero-order valence-corrected chi connectivity index (χ0v) is 54.3. The average Bonchev–Trinajstić information content (AvgIpc) is 1.56. The second-order valence-electron chi connectivity index (χ2n) is 26.0. The Bertz CT molecular complexity index is 5330. The van der Waals surface area contributed by atoms with Crippen LogP contribution < -0.4 is 4.90 Å². The van der Waals surface area contributed by atoms with Crippen LogP contribution >= 0.6 is 0 Å². The van der Waals surface area contributed by atoms with Crippen LogP contribution in [0.15, 0.2) is 382 Å². The summed E-state index contributed by atoms with van der Waals surface area (Å²) in [6.45, 7) is 0.